The van der Waals surface area contributed by atoms with Crippen molar-refractivity contribution in [3.8, 4) is 10.6 Å². The van der Waals surface area contributed by atoms with E-state index in [4.69, 9.17) is 0 Å². The van der Waals surface area contributed by atoms with E-state index in [0.717, 1.165) is 10.6 Å². The average molecular weight is 291 g/mol. The lowest BCUT2D eigenvalue weighted by Gasteiger charge is -2.05. The maximum absolute atomic E-state index is 11.8. The molecule has 0 unspecified atom stereocenters. The second-order valence-electron chi connectivity index (χ2n) is 3.70. The van der Waals surface area contributed by atoms with Crippen LogP contribution >= 0.6 is 11.3 Å². The van der Waals surface area contributed by atoms with Gasteiger partial charge in [0.1, 0.15) is 10.7 Å². The molecule has 2 rings (SSSR count). The molecule has 0 saturated carbocycles. The number of nitrogens with zero attached hydrogens (tertiary/aromatic N) is 1. The number of nitrogens with one attached hydrogen (secondary N) is 2. The number of carbonyl (C=O) groups is 2. The molecular formula is C13H13N3O3S. The third kappa shape index (κ3) is 3.55. The summed E-state index contributed by atoms with van der Waals surface area (Å²) in [6, 6.07) is 9.54. The Morgan fingerprint density at radius 1 is 1.25 bits per heavy atom. The summed E-state index contributed by atoms with van der Waals surface area (Å²) in [4.78, 5) is 27.0. The van der Waals surface area contributed by atoms with Gasteiger partial charge >= 0.3 is 6.09 Å². The fourth-order valence-corrected chi connectivity index (χ4v) is 2.24. The quantitative estimate of drug-likeness (QED) is 0.850. The Bertz CT molecular complexity index is 598. The van der Waals surface area contributed by atoms with Crippen LogP contribution in [0.4, 0.5) is 4.79 Å². The molecule has 0 saturated heterocycles. The summed E-state index contributed by atoms with van der Waals surface area (Å²) < 4.78 is 4.62. The molecular weight excluding hydrogens is 278 g/mol. The number of hydrazine groups is 1. The van der Waals surface area contributed by atoms with Gasteiger partial charge < -0.3 is 4.74 Å². The zero-order valence-corrected chi connectivity index (χ0v) is 11.6. The van der Waals surface area contributed by atoms with E-state index in [2.05, 4.69) is 20.6 Å². The number of thiazole rings is 1. The maximum Gasteiger partial charge on any atom is 0.426 e. The van der Waals surface area contributed by atoms with Crippen molar-refractivity contribution in [2.45, 2.75) is 6.92 Å². The molecule has 1 heterocycles. The van der Waals surface area contributed by atoms with Gasteiger partial charge in [0.25, 0.3) is 5.91 Å². The zero-order chi connectivity index (χ0) is 14.4. The van der Waals surface area contributed by atoms with E-state index in [9.17, 15) is 9.59 Å². The fraction of sp³-hybridized carbons (Fsp3) is 0.154. The first-order valence-corrected chi connectivity index (χ1v) is 6.82. The highest BCUT2D eigenvalue weighted by Crippen LogP contribution is 2.22. The molecule has 0 aliphatic heterocycles. The predicted octanol–water partition coefficient (Wildman–Crippen LogP) is 2.20. The number of carbonyl (C=O) groups excluding carboxylic acids is 2. The lowest BCUT2D eigenvalue weighted by molar-refractivity contribution is 0.0908. The lowest BCUT2D eigenvalue weighted by atomic mass is 10.2. The highest BCUT2D eigenvalue weighted by atomic mass is 32.1. The molecule has 0 fully saturated rings. The number of hydrogen-bond acceptors (Lipinski definition) is 5. The molecule has 0 aliphatic rings. The molecule has 0 spiro atoms. The number of benzene rings is 1. The minimum atomic E-state index is -0.709. The molecule has 0 radical (unpaired) electrons. The van der Waals surface area contributed by atoms with Crippen molar-refractivity contribution in [1.82, 2.24) is 15.8 Å². The van der Waals surface area contributed by atoms with Gasteiger partial charge in [-0.05, 0) is 6.92 Å². The van der Waals surface area contributed by atoms with E-state index in [0.29, 0.717) is 0 Å². The Labute approximate surface area is 119 Å². The molecule has 2 amide bonds. The molecule has 20 heavy (non-hydrogen) atoms. The van der Waals surface area contributed by atoms with E-state index < -0.39 is 12.0 Å². The number of hydrogen-bond donors (Lipinski definition) is 2. The maximum atomic E-state index is 11.8. The molecule has 1 aromatic carbocycles. The fourth-order valence-electron chi connectivity index (χ4n) is 1.43. The summed E-state index contributed by atoms with van der Waals surface area (Å²) in [6.45, 7) is 1.91. The van der Waals surface area contributed by atoms with Crippen molar-refractivity contribution >= 4 is 23.3 Å². The third-order valence-electron chi connectivity index (χ3n) is 2.31. The Kier molecular flexibility index (Phi) is 4.67. The summed E-state index contributed by atoms with van der Waals surface area (Å²) in [5, 5.41) is 2.37. The van der Waals surface area contributed by atoms with Crippen molar-refractivity contribution in [3.63, 3.8) is 0 Å². The summed E-state index contributed by atoms with van der Waals surface area (Å²) in [5.41, 5.74) is 5.54. The minimum absolute atomic E-state index is 0.233. The third-order valence-corrected chi connectivity index (χ3v) is 3.20. The van der Waals surface area contributed by atoms with Gasteiger partial charge in [0.15, 0.2) is 0 Å². The number of rotatable bonds is 3. The van der Waals surface area contributed by atoms with Gasteiger partial charge in [0.05, 0.1) is 6.61 Å². The molecule has 6 nitrogen and oxygen atoms in total. The molecule has 7 heteroatoms. The lowest BCUT2D eigenvalue weighted by Crippen LogP contribution is -2.42. The molecule has 2 aromatic rings. The van der Waals surface area contributed by atoms with E-state index in [1.807, 2.05) is 30.3 Å². The molecule has 0 atom stereocenters. The number of amides is 2. The topological polar surface area (TPSA) is 80.3 Å². The second kappa shape index (κ2) is 6.67. The zero-order valence-electron chi connectivity index (χ0n) is 10.8. The van der Waals surface area contributed by atoms with Crippen molar-refractivity contribution in [2.75, 3.05) is 6.61 Å². The molecule has 0 aliphatic carbocycles. The minimum Gasteiger partial charge on any atom is -0.449 e. The van der Waals surface area contributed by atoms with Gasteiger partial charge in [-0.25, -0.2) is 15.2 Å². The van der Waals surface area contributed by atoms with Crippen LogP contribution in [0.5, 0.6) is 0 Å². The van der Waals surface area contributed by atoms with Gasteiger partial charge in [-0.3, -0.25) is 10.2 Å². The molecule has 0 bridgehead atoms. The Morgan fingerprint density at radius 3 is 2.70 bits per heavy atom. The van der Waals surface area contributed by atoms with Crippen LogP contribution in [-0.4, -0.2) is 23.6 Å². The SMILES string of the molecule is CCOC(=O)NNC(=O)c1csc(-c2ccccc2)n1. The second-order valence-corrected chi connectivity index (χ2v) is 4.56. The summed E-state index contributed by atoms with van der Waals surface area (Å²) in [6.07, 6.45) is -0.709. The smallest absolute Gasteiger partial charge is 0.426 e. The standard InChI is InChI=1S/C13H13N3O3S/c1-2-19-13(18)16-15-11(17)10-8-20-12(14-10)9-6-4-3-5-7-9/h3-8H,2H2,1H3,(H,15,17)(H,16,18). The Balaban J connectivity index is 1.98. The van der Waals surface area contributed by atoms with E-state index >= 15 is 0 Å². The molecule has 104 valence electrons. The monoisotopic (exact) mass is 291 g/mol. The summed E-state index contributed by atoms with van der Waals surface area (Å²) in [7, 11) is 0. The van der Waals surface area contributed by atoms with E-state index in [1.54, 1.807) is 12.3 Å². The predicted molar refractivity (Wildman–Crippen MR) is 75.2 cm³/mol. The largest absolute Gasteiger partial charge is 0.449 e. The summed E-state index contributed by atoms with van der Waals surface area (Å²) in [5.74, 6) is -0.489. The van der Waals surface area contributed by atoms with Crippen LogP contribution in [0.2, 0.25) is 0 Å². The number of ether oxygens (including phenoxy) is 1. The molecule has 2 N–H and O–H groups in total. The van der Waals surface area contributed by atoms with Gasteiger partial charge in [-0.2, -0.15) is 0 Å². The van der Waals surface area contributed by atoms with Crippen LogP contribution in [-0.2, 0) is 4.74 Å². The van der Waals surface area contributed by atoms with Crippen LogP contribution in [0.15, 0.2) is 35.7 Å². The van der Waals surface area contributed by atoms with Gasteiger partial charge in [-0.15, -0.1) is 11.3 Å². The molecule has 1 aromatic heterocycles. The van der Waals surface area contributed by atoms with Crippen molar-refractivity contribution in [1.29, 1.82) is 0 Å². The van der Waals surface area contributed by atoms with Crippen LogP contribution in [0.1, 0.15) is 17.4 Å². The Morgan fingerprint density at radius 2 is 2.00 bits per heavy atom. The van der Waals surface area contributed by atoms with Crippen molar-refractivity contribution in [3.05, 3.63) is 41.4 Å². The average Bonchev–Trinajstić information content (AvgIpc) is 2.96. The van der Waals surface area contributed by atoms with Gasteiger partial charge in [0, 0.05) is 10.9 Å². The normalized spacial score (nSPS) is 9.85. The first kappa shape index (κ1) is 14.0. The first-order valence-electron chi connectivity index (χ1n) is 5.94. The van der Waals surface area contributed by atoms with Crippen molar-refractivity contribution in [2.24, 2.45) is 0 Å². The first-order chi connectivity index (χ1) is 9.70. The Hall–Kier alpha value is -2.41. The van der Waals surface area contributed by atoms with Crippen LogP contribution in [0.25, 0.3) is 10.6 Å². The van der Waals surface area contributed by atoms with E-state index in [-0.39, 0.29) is 12.3 Å². The highest BCUT2D eigenvalue weighted by Gasteiger charge is 2.12. The van der Waals surface area contributed by atoms with Crippen LogP contribution in [0.3, 0.4) is 0 Å². The van der Waals surface area contributed by atoms with Crippen molar-refractivity contribution < 1.29 is 14.3 Å². The summed E-state index contributed by atoms with van der Waals surface area (Å²) >= 11 is 1.36. The van der Waals surface area contributed by atoms with Crippen LogP contribution < -0.4 is 10.9 Å². The van der Waals surface area contributed by atoms with E-state index in [1.165, 1.54) is 11.3 Å². The van der Waals surface area contributed by atoms with Gasteiger partial charge in [0.2, 0.25) is 0 Å². The van der Waals surface area contributed by atoms with Crippen LogP contribution in [0, 0.1) is 0 Å². The highest BCUT2D eigenvalue weighted by molar-refractivity contribution is 7.13. The number of aromatic nitrogens is 1. The van der Waals surface area contributed by atoms with Gasteiger partial charge in [-0.1, -0.05) is 30.3 Å².